The van der Waals surface area contributed by atoms with E-state index in [4.69, 9.17) is 14.9 Å². The Balaban J connectivity index is 4.87. The number of aliphatic carboxylic acids is 2. The summed E-state index contributed by atoms with van der Waals surface area (Å²) in [6.45, 7) is 7.57. The van der Waals surface area contributed by atoms with Gasteiger partial charge in [-0.2, -0.15) is 0 Å². The van der Waals surface area contributed by atoms with Crippen molar-refractivity contribution in [1.29, 1.82) is 0 Å². The molecule has 0 bridgehead atoms. The van der Waals surface area contributed by atoms with Crippen LogP contribution in [0.3, 0.4) is 0 Å². The van der Waals surface area contributed by atoms with Gasteiger partial charge in [0, 0.05) is 5.57 Å². The number of carboxylic acids is 2. The minimum Gasteiger partial charge on any atom is -0.481 e. The number of ketones is 1. The lowest BCUT2D eigenvalue weighted by Gasteiger charge is -2.18. The van der Waals surface area contributed by atoms with E-state index in [9.17, 15) is 19.2 Å². The lowest BCUT2D eigenvalue weighted by Crippen LogP contribution is -2.36. The van der Waals surface area contributed by atoms with Crippen molar-refractivity contribution in [3.8, 4) is 0 Å². The molecule has 0 aromatic heterocycles. The van der Waals surface area contributed by atoms with Crippen LogP contribution in [0.4, 0.5) is 0 Å². The van der Waals surface area contributed by atoms with Crippen LogP contribution in [-0.4, -0.2) is 40.5 Å². The van der Waals surface area contributed by atoms with E-state index < -0.39 is 35.5 Å². The van der Waals surface area contributed by atoms with Crippen molar-refractivity contribution in [2.45, 2.75) is 13.3 Å². The summed E-state index contributed by atoms with van der Waals surface area (Å²) in [5.74, 6) is -7.90. The van der Waals surface area contributed by atoms with Crippen LogP contribution in [0, 0.1) is 11.8 Å². The Morgan fingerprint density at radius 1 is 1.20 bits per heavy atom. The quantitative estimate of drug-likeness (QED) is 0.362. The van der Waals surface area contributed by atoms with Crippen LogP contribution in [0.1, 0.15) is 13.3 Å². The van der Waals surface area contributed by atoms with Crippen LogP contribution < -0.4 is 0 Å². The van der Waals surface area contributed by atoms with Crippen molar-refractivity contribution >= 4 is 23.7 Å². The first kappa shape index (κ1) is 17.6. The third-order valence-corrected chi connectivity index (χ3v) is 2.50. The highest BCUT2D eigenvalue weighted by Gasteiger charge is 2.38. The number of carboxylic acid groups (broad SMARTS) is 2. The molecule has 0 heterocycles. The summed E-state index contributed by atoms with van der Waals surface area (Å²) in [6.07, 6.45) is 0.458. The van der Waals surface area contributed by atoms with Crippen molar-refractivity contribution in [3.05, 3.63) is 24.8 Å². The summed E-state index contributed by atoms with van der Waals surface area (Å²) in [5.41, 5.74) is 0.133. The fourth-order valence-electron chi connectivity index (χ4n) is 1.45. The highest BCUT2D eigenvalue weighted by molar-refractivity contribution is 6.06. The van der Waals surface area contributed by atoms with Gasteiger partial charge in [-0.1, -0.05) is 13.2 Å². The Kier molecular flexibility index (Phi) is 6.92. The predicted octanol–water partition coefficient (Wildman–Crippen LogP) is 0.652. The fraction of sp³-hybridized carbons (Fsp3) is 0.385. The Hall–Kier alpha value is -2.44. The molecule has 0 saturated carbocycles. The van der Waals surface area contributed by atoms with Gasteiger partial charge in [-0.25, -0.2) is 4.79 Å². The minimum atomic E-state index is -1.76. The third-order valence-electron chi connectivity index (χ3n) is 2.50. The maximum atomic E-state index is 11.4. The van der Waals surface area contributed by atoms with Gasteiger partial charge in [0.2, 0.25) is 0 Å². The average molecular weight is 284 g/mol. The van der Waals surface area contributed by atoms with Crippen LogP contribution in [-0.2, 0) is 23.9 Å². The molecule has 0 aromatic rings. The normalized spacial score (nSPS) is 12.8. The Bertz CT molecular complexity index is 450. The molecule has 0 saturated heterocycles. The van der Waals surface area contributed by atoms with E-state index in [0.717, 1.165) is 6.08 Å². The molecule has 0 spiro atoms. The largest absolute Gasteiger partial charge is 0.481 e. The minimum absolute atomic E-state index is 0.133. The molecular formula is C13H16O7. The Morgan fingerprint density at radius 3 is 2.10 bits per heavy atom. The summed E-state index contributed by atoms with van der Waals surface area (Å²) in [4.78, 5) is 44.6. The fourth-order valence-corrected chi connectivity index (χ4v) is 1.45. The van der Waals surface area contributed by atoms with Gasteiger partial charge in [-0.15, -0.1) is 0 Å². The highest BCUT2D eigenvalue weighted by atomic mass is 16.5. The zero-order valence-corrected chi connectivity index (χ0v) is 11.0. The molecular weight excluding hydrogens is 268 g/mol. The lowest BCUT2D eigenvalue weighted by atomic mass is 9.86. The molecule has 20 heavy (non-hydrogen) atoms. The van der Waals surface area contributed by atoms with Gasteiger partial charge < -0.3 is 14.9 Å². The van der Waals surface area contributed by atoms with Gasteiger partial charge in [-0.05, 0) is 19.4 Å². The molecule has 7 heteroatoms. The summed E-state index contributed by atoms with van der Waals surface area (Å²) < 4.78 is 4.70. The van der Waals surface area contributed by atoms with Crippen LogP contribution in [0.5, 0.6) is 0 Å². The standard InChI is InChI=1S/C13H16O7/c1-4-9(14)10(12(17)18)8(11(15)16)5-6-20-13(19)7(2)3/h4,8,10H,1-2,5-6H2,3H3,(H,15,16)(H,17,18). The molecule has 0 rings (SSSR count). The van der Waals surface area contributed by atoms with E-state index in [2.05, 4.69) is 13.2 Å². The molecule has 0 radical (unpaired) electrons. The van der Waals surface area contributed by atoms with E-state index in [1.165, 1.54) is 6.92 Å². The van der Waals surface area contributed by atoms with Crippen molar-refractivity contribution in [2.75, 3.05) is 6.61 Å². The maximum Gasteiger partial charge on any atom is 0.333 e. The van der Waals surface area contributed by atoms with Gasteiger partial charge in [0.1, 0.15) is 5.92 Å². The molecule has 0 aliphatic heterocycles. The van der Waals surface area contributed by atoms with Crippen molar-refractivity contribution in [2.24, 2.45) is 11.8 Å². The predicted molar refractivity (Wildman–Crippen MR) is 67.8 cm³/mol. The number of hydrogen-bond donors (Lipinski definition) is 2. The Morgan fingerprint density at radius 2 is 1.75 bits per heavy atom. The number of carbonyl (C=O) groups is 4. The summed E-state index contributed by atoms with van der Waals surface area (Å²) in [5, 5.41) is 17.9. The molecule has 0 amide bonds. The molecule has 0 fully saturated rings. The zero-order chi connectivity index (χ0) is 15.9. The van der Waals surface area contributed by atoms with Gasteiger partial charge in [0.15, 0.2) is 5.78 Å². The average Bonchev–Trinajstić information content (AvgIpc) is 2.35. The number of carbonyl (C=O) groups excluding carboxylic acids is 2. The van der Waals surface area contributed by atoms with E-state index >= 15 is 0 Å². The van der Waals surface area contributed by atoms with Crippen LogP contribution in [0.2, 0.25) is 0 Å². The van der Waals surface area contributed by atoms with Crippen LogP contribution in [0.15, 0.2) is 24.8 Å². The molecule has 2 atom stereocenters. The van der Waals surface area contributed by atoms with Crippen LogP contribution >= 0.6 is 0 Å². The van der Waals surface area contributed by atoms with Crippen molar-refractivity contribution in [3.63, 3.8) is 0 Å². The molecule has 0 aliphatic carbocycles. The van der Waals surface area contributed by atoms with Gasteiger partial charge >= 0.3 is 17.9 Å². The summed E-state index contributed by atoms with van der Waals surface area (Å²) in [7, 11) is 0. The molecule has 0 aliphatic rings. The smallest absolute Gasteiger partial charge is 0.333 e. The SMILES string of the molecule is C=CC(=O)C(C(=O)O)C(CCOC(=O)C(=C)C)C(=O)O. The molecule has 110 valence electrons. The van der Waals surface area contributed by atoms with E-state index in [1.54, 1.807) is 0 Å². The second-order valence-corrected chi connectivity index (χ2v) is 4.07. The number of ether oxygens (including phenoxy) is 1. The van der Waals surface area contributed by atoms with Gasteiger partial charge in [0.05, 0.1) is 12.5 Å². The van der Waals surface area contributed by atoms with E-state index in [-0.39, 0.29) is 18.6 Å². The second-order valence-electron chi connectivity index (χ2n) is 4.07. The second kappa shape index (κ2) is 7.88. The zero-order valence-electron chi connectivity index (χ0n) is 11.0. The number of esters is 1. The summed E-state index contributed by atoms with van der Waals surface area (Å²) >= 11 is 0. The first-order valence-electron chi connectivity index (χ1n) is 5.66. The molecule has 2 N–H and O–H groups in total. The number of rotatable bonds is 9. The monoisotopic (exact) mass is 284 g/mol. The van der Waals surface area contributed by atoms with Crippen LogP contribution in [0.25, 0.3) is 0 Å². The highest BCUT2D eigenvalue weighted by Crippen LogP contribution is 2.19. The number of hydrogen-bond acceptors (Lipinski definition) is 5. The molecule has 2 unspecified atom stereocenters. The summed E-state index contributed by atoms with van der Waals surface area (Å²) in [6, 6.07) is 0. The maximum absolute atomic E-state index is 11.4. The topological polar surface area (TPSA) is 118 Å². The van der Waals surface area contributed by atoms with Crippen molar-refractivity contribution < 1.29 is 34.1 Å². The van der Waals surface area contributed by atoms with E-state index in [1.807, 2.05) is 0 Å². The molecule has 0 aromatic carbocycles. The lowest BCUT2D eigenvalue weighted by molar-refractivity contribution is -0.157. The third kappa shape index (κ3) is 5.05. The van der Waals surface area contributed by atoms with E-state index in [0.29, 0.717) is 0 Å². The number of allylic oxidation sites excluding steroid dienone is 1. The Labute approximate surface area is 115 Å². The first-order valence-corrected chi connectivity index (χ1v) is 5.66. The van der Waals surface area contributed by atoms with Gasteiger partial charge in [-0.3, -0.25) is 14.4 Å². The molecule has 7 nitrogen and oxygen atoms in total. The first-order chi connectivity index (χ1) is 9.22. The van der Waals surface area contributed by atoms with Gasteiger partial charge in [0.25, 0.3) is 0 Å². The van der Waals surface area contributed by atoms with Crippen molar-refractivity contribution in [1.82, 2.24) is 0 Å².